The fraction of sp³-hybridized carbons (Fsp3) is 0.0769. The van der Waals surface area contributed by atoms with Crippen LogP contribution in [0.15, 0.2) is 36.5 Å². The molecule has 0 radical (unpaired) electrons. The van der Waals surface area contributed by atoms with Crippen molar-refractivity contribution in [2.45, 2.75) is 6.42 Å². The number of Topliss-reactive ketones (excluding diaryl/α,β-unsaturated/α-hetero) is 1. The number of ketones is 1. The maximum atomic E-state index is 12.1. The Kier molecular flexibility index (Phi) is 4.19. The first-order chi connectivity index (χ1) is 8.56. The summed E-state index contributed by atoms with van der Waals surface area (Å²) in [7, 11) is 0. The number of anilines is 1. The highest BCUT2D eigenvalue weighted by Gasteiger charge is 2.12. The number of nitrogen functional groups attached to an aromatic ring is 1. The Morgan fingerprint density at radius 2 is 2.11 bits per heavy atom. The van der Waals surface area contributed by atoms with Gasteiger partial charge in [0.15, 0.2) is 5.78 Å². The summed E-state index contributed by atoms with van der Waals surface area (Å²) in [6.45, 7) is 0. The molecule has 5 heteroatoms. The zero-order valence-electron chi connectivity index (χ0n) is 9.36. The van der Waals surface area contributed by atoms with E-state index in [1.54, 1.807) is 24.4 Å². The molecule has 0 amide bonds. The number of benzene rings is 1. The van der Waals surface area contributed by atoms with Crippen LogP contribution >= 0.6 is 34.2 Å². The van der Waals surface area contributed by atoms with Crippen molar-refractivity contribution >= 4 is 45.7 Å². The highest BCUT2D eigenvalue weighted by atomic mass is 127. The van der Waals surface area contributed by atoms with Gasteiger partial charge in [0.05, 0.1) is 11.4 Å². The smallest absolute Gasteiger partial charge is 0.170 e. The fourth-order valence-corrected chi connectivity index (χ4v) is 2.07. The summed E-state index contributed by atoms with van der Waals surface area (Å²) in [5.41, 5.74) is 7.34. The molecule has 1 aromatic carbocycles. The van der Waals surface area contributed by atoms with Gasteiger partial charge in [-0.15, -0.1) is 0 Å². The highest BCUT2D eigenvalue weighted by molar-refractivity contribution is 14.1. The molecular formula is C13H10ClIN2O. The van der Waals surface area contributed by atoms with E-state index in [-0.39, 0.29) is 12.2 Å². The monoisotopic (exact) mass is 372 g/mol. The molecular weight excluding hydrogens is 363 g/mol. The Labute approximate surface area is 124 Å². The molecule has 0 saturated heterocycles. The Morgan fingerprint density at radius 1 is 1.33 bits per heavy atom. The number of carbonyl (C=O) groups is 1. The molecule has 0 aliphatic heterocycles. The summed E-state index contributed by atoms with van der Waals surface area (Å²) >= 11 is 8.15. The molecule has 0 atom stereocenters. The Bertz CT molecular complexity index is 584. The molecule has 0 fully saturated rings. The Hall–Kier alpha value is -1.14. The lowest BCUT2D eigenvalue weighted by molar-refractivity contribution is 0.0992. The van der Waals surface area contributed by atoms with E-state index in [9.17, 15) is 4.79 Å². The van der Waals surface area contributed by atoms with Crippen LogP contribution in [0.25, 0.3) is 0 Å². The minimum atomic E-state index is -0.0824. The average molecular weight is 373 g/mol. The van der Waals surface area contributed by atoms with Crippen molar-refractivity contribution in [2.24, 2.45) is 0 Å². The maximum absolute atomic E-state index is 12.1. The minimum Gasteiger partial charge on any atom is -0.399 e. The number of carbonyl (C=O) groups excluding carboxylic acids is 1. The first-order valence-corrected chi connectivity index (χ1v) is 6.70. The lowest BCUT2D eigenvalue weighted by Gasteiger charge is -2.04. The fourth-order valence-electron chi connectivity index (χ4n) is 1.53. The zero-order chi connectivity index (χ0) is 13.1. The molecule has 2 aromatic rings. The van der Waals surface area contributed by atoms with Gasteiger partial charge in [-0.2, -0.15) is 0 Å². The van der Waals surface area contributed by atoms with Crippen LogP contribution in [0.4, 0.5) is 5.69 Å². The van der Waals surface area contributed by atoms with E-state index >= 15 is 0 Å². The number of hydrogen-bond donors (Lipinski definition) is 1. The lowest BCUT2D eigenvalue weighted by Crippen LogP contribution is -2.06. The van der Waals surface area contributed by atoms with Gasteiger partial charge in [-0.3, -0.25) is 9.78 Å². The van der Waals surface area contributed by atoms with Gasteiger partial charge in [-0.1, -0.05) is 11.6 Å². The molecule has 0 bridgehead atoms. The van der Waals surface area contributed by atoms with Crippen LogP contribution in [0.5, 0.6) is 0 Å². The summed E-state index contributed by atoms with van der Waals surface area (Å²) in [6, 6.07) is 8.64. The van der Waals surface area contributed by atoms with Crippen molar-refractivity contribution in [1.29, 1.82) is 0 Å². The van der Waals surface area contributed by atoms with Crippen LogP contribution in [0, 0.1) is 3.57 Å². The molecule has 92 valence electrons. The highest BCUT2D eigenvalue weighted by Crippen LogP contribution is 2.20. The first-order valence-electron chi connectivity index (χ1n) is 5.25. The summed E-state index contributed by atoms with van der Waals surface area (Å²) in [5.74, 6) is -0.0824. The van der Waals surface area contributed by atoms with Gasteiger partial charge in [-0.05, 0) is 52.9 Å². The molecule has 1 heterocycles. The van der Waals surface area contributed by atoms with Gasteiger partial charge >= 0.3 is 0 Å². The van der Waals surface area contributed by atoms with Crippen LogP contribution in [0.2, 0.25) is 5.02 Å². The molecule has 0 saturated carbocycles. The molecule has 2 N–H and O–H groups in total. The van der Waals surface area contributed by atoms with Crippen LogP contribution < -0.4 is 5.73 Å². The van der Waals surface area contributed by atoms with Crippen LogP contribution in [0.1, 0.15) is 16.1 Å². The second-order valence-electron chi connectivity index (χ2n) is 3.81. The predicted octanol–water partition coefficient (Wildman–Crippen LogP) is 3.35. The second kappa shape index (κ2) is 5.67. The standard InChI is InChI=1S/C13H10ClIN2O/c14-12-4-2-9(16)5-11(12)13(18)6-10-3-1-8(15)7-17-10/h1-5,7H,6,16H2. The van der Waals surface area contributed by atoms with Crippen LogP contribution in [-0.4, -0.2) is 10.8 Å². The van der Waals surface area contributed by atoms with Crippen molar-refractivity contribution in [1.82, 2.24) is 4.98 Å². The molecule has 0 unspecified atom stereocenters. The number of nitrogens with zero attached hydrogens (tertiary/aromatic N) is 1. The minimum absolute atomic E-state index is 0.0824. The molecule has 1 aromatic heterocycles. The number of hydrogen-bond acceptors (Lipinski definition) is 3. The normalized spacial score (nSPS) is 10.3. The Balaban J connectivity index is 2.21. The third-order valence-electron chi connectivity index (χ3n) is 2.42. The quantitative estimate of drug-likeness (QED) is 0.511. The van der Waals surface area contributed by atoms with Gasteiger partial charge in [-0.25, -0.2) is 0 Å². The van der Waals surface area contributed by atoms with E-state index in [1.165, 1.54) is 0 Å². The van der Waals surface area contributed by atoms with E-state index in [2.05, 4.69) is 27.6 Å². The summed E-state index contributed by atoms with van der Waals surface area (Å²) in [5, 5.41) is 0.416. The van der Waals surface area contributed by atoms with E-state index in [0.717, 1.165) is 9.26 Å². The van der Waals surface area contributed by atoms with Gasteiger partial charge in [0.1, 0.15) is 0 Å². The number of nitrogens with two attached hydrogens (primary N) is 1. The van der Waals surface area contributed by atoms with Crippen LogP contribution in [-0.2, 0) is 6.42 Å². The van der Waals surface area contributed by atoms with Gasteiger partial charge in [0.2, 0.25) is 0 Å². The third kappa shape index (κ3) is 3.20. The number of pyridine rings is 1. The molecule has 2 rings (SSSR count). The topological polar surface area (TPSA) is 56.0 Å². The third-order valence-corrected chi connectivity index (χ3v) is 3.39. The van der Waals surface area contributed by atoms with Gasteiger partial charge in [0, 0.05) is 26.7 Å². The summed E-state index contributed by atoms with van der Waals surface area (Å²) in [4.78, 5) is 16.3. The Morgan fingerprint density at radius 3 is 2.78 bits per heavy atom. The molecule has 3 nitrogen and oxygen atoms in total. The molecule has 0 aliphatic rings. The lowest BCUT2D eigenvalue weighted by atomic mass is 10.1. The largest absolute Gasteiger partial charge is 0.399 e. The molecule has 18 heavy (non-hydrogen) atoms. The van der Waals surface area contributed by atoms with E-state index in [4.69, 9.17) is 17.3 Å². The van der Waals surface area contributed by atoms with Crippen molar-refractivity contribution in [3.05, 3.63) is 56.4 Å². The molecule has 0 aliphatic carbocycles. The van der Waals surface area contributed by atoms with E-state index < -0.39 is 0 Å². The maximum Gasteiger partial charge on any atom is 0.170 e. The molecule has 0 spiro atoms. The summed E-state index contributed by atoms with van der Waals surface area (Å²) in [6.07, 6.45) is 1.95. The van der Waals surface area contributed by atoms with Crippen molar-refractivity contribution in [3.63, 3.8) is 0 Å². The number of halogens is 2. The van der Waals surface area contributed by atoms with E-state index in [1.807, 2.05) is 12.1 Å². The predicted molar refractivity (Wildman–Crippen MR) is 80.9 cm³/mol. The zero-order valence-corrected chi connectivity index (χ0v) is 12.3. The van der Waals surface area contributed by atoms with E-state index in [0.29, 0.717) is 16.3 Å². The van der Waals surface area contributed by atoms with Crippen molar-refractivity contribution in [3.8, 4) is 0 Å². The van der Waals surface area contributed by atoms with Crippen LogP contribution in [0.3, 0.4) is 0 Å². The van der Waals surface area contributed by atoms with Crippen molar-refractivity contribution in [2.75, 3.05) is 5.73 Å². The van der Waals surface area contributed by atoms with Crippen molar-refractivity contribution < 1.29 is 4.79 Å². The number of aromatic nitrogens is 1. The average Bonchev–Trinajstić information content (AvgIpc) is 2.35. The first kappa shape index (κ1) is 13.3. The summed E-state index contributed by atoms with van der Waals surface area (Å²) < 4.78 is 1.03. The number of rotatable bonds is 3. The van der Waals surface area contributed by atoms with Gasteiger partial charge < -0.3 is 5.73 Å². The van der Waals surface area contributed by atoms with Gasteiger partial charge in [0.25, 0.3) is 0 Å². The SMILES string of the molecule is Nc1ccc(Cl)c(C(=O)Cc2ccc(I)cn2)c1. The second-order valence-corrected chi connectivity index (χ2v) is 5.46.